The predicted octanol–water partition coefficient (Wildman–Crippen LogP) is 11.7. The van der Waals surface area contributed by atoms with Crippen molar-refractivity contribution in [1.29, 1.82) is 0 Å². The summed E-state index contributed by atoms with van der Waals surface area (Å²) in [6.45, 7) is 2.15. The van der Waals surface area contributed by atoms with E-state index in [1.54, 1.807) is 6.08 Å². The van der Waals surface area contributed by atoms with Crippen molar-refractivity contribution >= 4 is 17.8 Å². The van der Waals surface area contributed by atoms with Crippen LogP contribution in [0, 0.1) is 0 Å². The highest BCUT2D eigenvalue weighted by molar-refractivity contribution is 5.77. The number of carbonyl (C=O) groups excluding carboxylic acids is 2. The molecule has 14 N–H and O–H groups in total. The van der Waals surface area contributed by atoms with Gasteiger partial charge in [0.05, 0.1) is 50.7 Å². The van der Waals surface area contributed by atoms with Crippen molar-refractivity contribution in [2.24, 2.45) is 0 Å². The minimum absolute atomic E-state index is 0.205. The van der Waals surface area contributed by atoms with E-state index in [0.29, 0.717) is 12.8 Å². The minimum atomic E-state index is -3.08. The first-order chi connectivity index (χ1) is 50.4. The Morgan fingerprint density at radius 1 is 0.500 bits per heavy atom. The van der Waals surface area contributed by atoms with Gasteiger partial charge in [0.25, 0.3) is 5.79 Å². The Balaban J connectivity index is 1.36. The van der Waals surface area contributed by atoms with E-state index in [9.17, 15) is 75.7 Å². The van der Waals surface area contributed by atoms with Gasteiger partial charge in [-0.3, -0.25) is 9.59 Å². The number of amides is 2. The number of ether oxygens (including phenoxy) is 6. The third-order valence-electron chi connectivity index (χ3n) is 21.5. The number of unbranched alkanes of at least 4 members (excludes halogenated alkanes) is 47. The predicted molar refractivity (Wildman–Crippen MR) is 403 cm³/mol. The van der Waals surface area contributed by atoms with Crippen LogP contribution < -0.4 is 10.6 Å². The lowest BCUT2D eigenvalue weighted by Crippen LogP contribution is -2.70. The molecular formula is C81H152N2O21. The van der Waals surface area contributed by atoms with Gasteiger partial charge in [0.1, 0.15) is 67.1 Å². The van der Waals surface area contributed by atoms with Gasteiger partial charge in [-0.25, -0.2) is 4.79 Å². The molecule has 3 fully saturated rings. The van der Waals surface area contributed by atoms with E-state index in [-0.39, 0.29) is 12.3 Å². The number of carboxylic acids is 1. The highest BCUT2D eigenvalue weighted by Crippen LogP contribution is 2.39. The van der Waals surface area contributed by atoms with Crippen LogP contribution in [0.2, 0.25) is 0 Å². The number of hydrogen-bond donors (Lipinski definition) is 14. The zero-order valence-electron chi connectivity index (χ0n) is 64.9. The van der Waals surface area contributed by atoms with Crippen LogP contribution in [0.4, 0.5) is 0 Å². The fraction of sp³-hybridized carbons (Fsp3) is 0.938. The molecule has 0 aromatic heterocycles. The molecule has 0 spiro atoms. The number of aliphatic hydroxyl groups excluding tert-OH is 11. The van der Waals surface area contributed by atoms with Crippen molar-refractivity contribution in [3.05, 3.63) is 12.2 Å². The maximum atomic E-state index is 13.5. The molecule has 0 aliphatic carbocycles. The molecule has 23 nitrogen and oxygen atoms in total. The zero-order chi connectivity index (χ0) is 76.0. The fourth-order valence-corrected chi connectivity index (χ4v) is 14.8. The molecule has 104 heavy (non-hydrogen) atoms. The molecule has 0 radical (unpaired) electrons. The lowest BCUT2D eigenvalue weighted by molar-refractivity contribution is -0.386. The van der Waals surface area contributed by atoms with Crippen molar-refractivity contribution in [2.45, 2.75) is 458 Å². The van der Waals surface area contributed by atoms with Gasteiger partial charge in [0.2, 0.25) is 11.8 Å². The first-order valence-electron chi connectivity index (χ1n) is 42.1. The van der Waals surface area contributed by atoms with Crippen LogP contribution >= 0.6 is 0 Å². The molecule has 2 amide bonds. The van der Waals surface area contributed by atoms with E-state index < -0.39 is 155 Å². The maximum Gasteiger partial charge on any atom is 0.364 e. The van der Waals surface area contributed by atoms with Crippen LogP contribution in [0.3, 0.4) is 0 Å². The van der Waals surface area contributed by atoms with Crippen molar-refractivity contribution in [3.63, 3.8) is 0 Å². The molecular weight excluding hydrogens is 1340 g/mol. The van der Waals surface area contributed by atoms with Gasteiger partial charge < -0.3 is 100 Å². The standard InChI is InChI=1S/C81H152N2O21/c1-4-6-8-10-12-14-16-17-18-19-20-21-22-23-24-25-26-27-28-29-30-31-32-33-34-35-36-37-38-39-40-41-42-43-45-47-49-51-53-55-68(91)83-62(63(88)54-52-50-48-46-44-15-13-11-9-7-5-2)60-99-78-73(95)72(94)75(67(59-86)101-78)102-79-74(96)77(71(93)66(58-85)100-79)104-81(80(97)98)56-64(89)69(82-61(3)87)76(103-81)70(92)65(90)57-84/h52,54,62-67,69-79,84-86,88-90,92-96H,4-51,53,55-60H2,1-3H3,(H,82,87)(H,83,91)(H,97,98)/b54-52+. The van der Waals surface area contributed by atoms with Crippen LogP contribution in [0.15, 0.2) is 12.2 Å². The van der Waals surface area contributed by atoms with Crippen LogP contribution in [0.5, 0.6) is 0 Å². The van der Waals surface area contributed by atoms with E-state index >= 15 is 0 Å². The lowest BCUT2D eigenvalue weighted by atomic mass is 9.88. The minimum Gasteiger partial charge on any atom is -0.477 e. The van der Waals surface area contributed by atoms with Gasteiger partial charge in [0, 0.05) is 19.8 Å². The summed E-state index contributed by atoms with van der Waals surface area (Å²) in [6, 6.07) is -2.61. The zero-order valence-corrected chi connectivity index (χ0v) is 64.9. The Hall–Kier alpha value is -2.53. The van der Waals surface area contributed by atoms with Crippen molar-refractivity contribution in [2.75, 3.05) is 26.4 Å². The quantitative estimate of drug-likeness (QED) is 0.0199. The van der Waals surface area contributed by atoms with Crippen molar-refractivity contribution < 1.29 is 104 Å². The summed E-state index contributed by atoms with van der Waals surface area (Å²) < 4.78 is 34.8. The smallest absolute Gasteiger partial charge is 0.364 e. The molecule has 612 valence electrons. The average Bonchev–Trinajstić information content (AvgIpc) is 0.755. The molecule has 0 saturated carbocycles. The maximum absolute atomic E-state index is 13.5. The number of allylic oxidation sites excluding steroid dienone is 1. The Morgan fingerprint density at radius 2 is 0.894 bits per heavy atom. The van der Waals surface area contributed by atoms with Crippen molar-refractivity contribution in [3.8, 4) is 0 Å². The molecule has 3 heterocycles. The number of nitrogens with one attached hydrogen (secondary N) is 2. The topological polar surface area (TPSA) is 373 Å². The summed E-state index contributed by atoms with van der Waals surface area (Å²) in [4.78, 5) is 38.6. The van der Waals surface area contributed by atoms with Gasteiger partial charge >= 0.3 is 5.97 Å². The first-order valence-corrected chi connectivity index (χ1v) is 42.1. The van der Waals surface area contributed by atoms with Crippen molar-refractivity contribution in [1.82, 2.24) is 10.6 Å². The molecule has 0 aromatic carbocycles. The molecule has 3 saturated heterocycles. The monoisotopic (exact) mass is 1490 g/mol. The third-order valence-corrected chi connectivity index (χ3v) is 21.5. The van der Waals surface area contributed by atoms with E-state index in [1.807, 2.05) is 6.08 Å². The second kappa shape index (κ2) is 60.2. The van der Waals surface area contributed by atoms with Crippen LogP contribution in [-0.2, 0) is 42.8 Å². The highest BCUT2D eigenvalue weighted by atomic mass is 16.8. The average molecular weight is 1490 g/mol. The molecule has 23 heteroatoms. The van der Waals surface area contributed by atoms with E-state index in [4.69, 9.17) is 28.4 Å². The fourth-order valence-electron chi connectivity index (χ4n) is 14.8. The van der Waals surface area contributed by atoms with E-state index in [0.717, 1.165) is 51.9 Å². The Kier molecular flexibility index (Phi) is 55.4. The highest BCUT2D eigenvalue weighted by Gasteiger charge is 2.60. The molecule has 3 rings (SSSR count). The van der Waals surface area contributed by atoms with E-state index in [1.165, 1.54) is 257 Å². The van der Waals surface area contributed by atoms with Gasteiger partial charge in [-0.05, 0) is 19.3 Å². The first kappa shape index (κ1) is 95.7. The van der Waals surface area contributed by atoms with Crippen LogP contribution in [0.25, 0.3) is 0 Å². The molecule has 0 bridgehead atoms. The summed E-state index contributed by atoms with van der Waals surface area (Å²) >= 11 is 0. The molecule has 18 unspecified atom stereocenters. The van der Waals surface area contributed by atoms with Gasteiger partial charge in [0.15, 0.2) is 12.6 Å². The Bertz CT molecular complexity index is 2120. The third kappa shape index (κ3) is 39.9. The summed E-state index contributed by atoms with van der Waals surface area (Å²) in [7, 11) is 0. The largest absolute Gasteiger partial charge is 0.477 e. The summed E-state index contributed by atoms with van der Waals surface area (Å²) in [5, 5.41) is 136. The number of aliphatic carboxylic acids is 1. The number of aliphatic hydroxyl groups is 11. The van der Waals surface area contributed by atoms with Gasteiger partial charge in [-0.2, -0.15) is 0 Å². The normalized spacial score (nSPS) is 26.4. The molecule has 0 aromatic rings. The van der Waals surface area contributed by atoms with Crippen LogP contribution in [-0.4, -0.2) is 215 Å². The molecule has 18 atom stereocenters. The number of hydrogen-bond acceptors (Lipinski definition) is 20. The second-order valence-corrected chi connectivity index (χ2v) is 30.7. The number of carbonyl (C=O) groups is 3. The van der Waals surface area contributed by atoms with Gasteiger partial charge in [-0.15, -0.1) is 0 Å². The van der Waals surface area contributed by atoms with Crippen LogP contribution in [0.1, 0.15) is 348 Å². The lowest BCUT2D eigenvalue weighted by Gasteiger charge is -2.50. The number of rotatable bonds is 67. The molecule has 3 aliphatic rings. The summed E-state index contributed by atoms with van der Waals surface area (Å²) in [5.74, 6) is -6.13. The Labute approximate surface area is 626 Å². The second-order valence-electron chi connectivity index (χ2n) is 30.7. The summed E-state index contributed by atoms with van der Waals surface area (Å²) in [5.41, 5.74) is 0. The Morgan fingerprint density at radius 3 is 1.28 bits per heavy atom. The number of carboxylic acid groups (broad SMARTS) is 1. The molecule has 3 aliphatic heterocycles. The summed E-state index contributed by atoms with van der Waals surface area (Å²) in [6.07, 6.45) is 37.5. The SMILES string of the molecule is CCCCCCCCCCC/C=C/C(O)C(COC1OC(CO)C(OC2OC(CO)C(O)C(OC3(C(=O)O)CC(O)C(NC(C)=O)C(C(O)C(O)CO)O3)C2O)C(O)C1O)NC(=O)CCCCCCCCCCCCCCCCCCCCCCCCCCCCCCCCCCCCCCCCC. The van der Waals surface area contributed by atoms with Gasteiger partial charge in [-0.1, -0.05) is 321 Å². The van der Waals surface area contributed by atoms with E-state index in [2.05, 4.69) is 24.5 Å².